The first-order chi connectivity index (χ1) is 11.0. The number of carbonyl (C=O) groups is 1. The number of aromatic nitrogens is 1. The number of para-hydroxylation sites is 1. The van der Waals surface area contributed by atoms with Gasteiger partial charge in [-0.15, -0.1) is 0 Å². The summed E-state index contributed by atoms with van der Waals surface area (Å²) in [5.41, 5.74) is 4.39. The number of benzene rings is 2. The average Bonchev–Trinajstić information content (AvgIpc) is 2.54. The summed E-state index contributed by atoms with van der Waals surface area (Å²) >= 11 is 0. The zero-order valence-corrected chi connectivity index (χ0v) is 13.6. The number of rotatable bonds is 3. The highest BCUT2D eigenvalue weighted by molar-refractivity contribution is 6.12. The highest BCUT2D eigenvalue weighted by Gasteiger charge is 2.12. The second kappa shape index (κ2) is 6.21. The molecule has 0 saturated carbocycles. The van der Waals surface area contributed by atoms with Crippen molar-refractivity contribution in [3.05, 3.63) is 71.4 Å². The minimum atomic E-state index is -0.107. The lowest BCUT2D eigenvalue weighted by Crippen LogP contribution is -2.13. The van der Waals surface area contributed by atoms with Crippen molar-refractivity contribution in [2.45, 2.75) is 26.7 Å². The van der Waals surface area contributed by atoms with Crippen molar-refractivity contribution in [1.29, 1.82) is 0 Å². The number of pyridine rings is 1. The number of nitrogens with one attached hydrogen (secondary N) is 1. The fourth-order valence-electron chi connectivity index (χ4n) is 2.65. The largest absolute Gasteiger partial charge is 0.322 e. The van der Waals surface area contributed by atoms with Gasteiger partial charge in [-0.2, -0.15) is 0 Å². The molecule has 23 heavy (non-hydrogen) atoms. The maximum absolute atomic E-state index is 12.7. The summed E-state index contributed by atoms with van der Waals surface area (Å²) in [4.78, 5) is 17.1. The van der Waals surface area contributed by atoms with Crippen molar-refractivity contribution >= 4 is 22.5 Å². The minimum Gasteiger partial charge on any atom is -0.322 e. The molecule has 0 saturated heterocycles. The Balaban J connectivity index is 1.91. The fourth-order valence-corrected chi connectivity index (χ4v) is 2.65. The van der Waals surface area contributed by atoms with Crippen LogP contribution >= 0.6 is 0 Å². The van der Waals surface area contributed by atoms with E-state index in [1.807, 2.05) is 49.4 Å². The van der Waals surface area contributed by atoms with Gasteiger partial charge in [-0.1, -0.05) is 44.2 Å². The van der Waals surface area contributed by atoms with Crippen molar-refractivity contribution < 1.29 is 4.79 Å². The van der Waals surface area contributed by atoms with Crippen LogP contribution in [0, 0.1) is 6.92 Å². The Hall–Kier alpha value is -2.68. The number of nitrogens with zero attached hydrogens (tertiary/aromatic N) is 1. The quantitative estimate of drug-likeness (QED) is 0.746. The van der Waals surface area contributed by atoms with Crippen molar-refractivity contribution in [3.63, 3.8) is 0 Å². The summed E-state index contributed by atoms with van der Waals surface area (Å²) in [5, 5.41) is 3.85. The van der Waals surface area contributed by atoms with E-state index >= 15 is 0 Å². The Morgan fingerprint density at radius 2 is 1.74 bits per heavy atom. The topological polar surface area (TPSA) is 42.0 Å². The number of amides is 1. The Labute approximate surface area is 136 Å². The monoisotopic (exact) mass is 304 g/mol. The van der Waals surface area contributed by atoms with E-state index in [9.17, 15) is 4.79 Å². The van der Waals surface area contributed by atoms with E-state index in [0.29, 0.717) is 11.5 Å². The highest BCUT2D eigenvalue weighted by atomic mass is 16.1. The van der Waals surface area contributed by atoms with Crippen LogP contribution in [0.15, 0.2) is 54.6 Å². The molecule has 1 N–H and O–H groups in total. The molecule has 3 nitrogen and oxygen atoms in total. The van der Waals surface area contributed by atoms with Crippen molar-refractivity contribution in [2.75, 3.05) is 5.32 Å². The van der Waals surface area contributed by atoms with Crippen LogP contribution in [-0.2, 0) is 0 Å². The lowest BCUT2D eigenvalue weighted by molar-refractivity contribution is 0.102. The molecule has 0 fully saturated rings. The third-order valence-corrected chi connectivity index (χ3v) is 3.92. The van der Waals surface area contributed by atoms with Gasteiger partial charge in [0.15, 0.2) is 0 Å². The molecule has 0 radical (unpaired) electrons. The Morgan fingerprint density at radius 3 is 2.43 bits per heavy atom. The molecule has 0 aliphatic rings. The lowest BCUT2D eigenvalue weighted by Gasteiger charge is -2.10. The van der Waals surface area contributed by atoms with Gasteiger partial charge in [0.2, 0.25) is 0 Å². The summed E-state index contributed by atoms with van der Waals surface area (Å²) < 4.78 is 0. The predicted octanol–water partition coefficient (Wildman–Crippen LogP) is 4.92. The Kier molecular flexibility index (Phi) is 4.11. The van der Waals surface area contributed by atoms with Crippen LogP contribution in [0.5, 0.6) is 0 Å². The van der Waals surface area contributed by atoms with E-state index in [1.165, 1.54) is 5.56 Å². The third-order valence-electron chi connectivity index (χ3n) is 3.92. The fraction of sp³-hybridized carbons (Fsp3) is 0.200. The first-order valence-corrected chi connectivity index (χ1v) is 7.82. The van der Waals surface area contributed by atoms with Gasteiger partial charge in [0.25, 0.3) is 5.91 Å². The molecule has 3 rings (SSSR count). The standard InChI is InChI=1S/C20H20N2O/c1-13(2)15-8-10-16(11-9-15)22-20(23)18-12-14(3)21-19-7-5-4-6-17(18)19/h4-13H,1-3H3,(H,22,23). The summed E-state index contributed by atoms with van der Waals surface area (Å²) in [6.07, 6.45) is 0. The van der Waals surface area contributed by atoms with Crippen LogP contribution in [-0.4, -0.2) is 10.9 Å². The molecule has 0 aliphatic carbocycles. The number of hydrogen-bond donors (Lipinski definition) is 1. The number of hydrogen-bond acceptors (Lipinski definition) is 2. The summed E-state index contributed by atoms with van der Waals surface area (Å²) in [5.74, 6) is 0.371. The summed E-state index contributed by atoms with van der Waals surface area (Å²) in [7, 11) is 0. The van der Waals surface area contributed by atoms with Crippen LogP contribution in [0.25, 0.3) is 10.9 Å². The minimum absolute atomic E-state index is 0.107. The van der Waals surface area contributed by atoms with E-state index in [2.05, 4.69) is 36.3 Å². The molecule has 1 amide bonds. The second-order valence-corrected chi connectivity index (χ2v) is 6.06. The van der Waals surface area contributed by atoms with Crippen LogP contribution in [0.4, 0.5) is 5.69 Å². The molecule has 0 bridgehead atoms. The van der Waals surface area contributed by atoms with Crippen molar-refractivity contribution in [2.24, 2.45) is 0 Å². The maximum atomic E-state index is 12.7. The zero-order chi connectivity index (χ0) is 16.4. The predicted molar refractivity (Wildman–Crippen MR) is 95.0 cm³/mol. The van der Waals surface area contributed by atoms with E-state index in [-0.39, 0.29) is 5.91 Å². The molecule has 0 unspecified atom stereocenters. The van der Waals surface area contributed by atoms with E-state index in [1.54, 1.807) is 0 Å². The molecule has 3 heteroatoms. The normalized spacial score (nSPS) is 11.0. The number of aryl methyl sites for hydroxylation is 1. The third kappa shape index (κ3) is 3.24. The number of anilines is 1. The molecule has 116 valence electrons. The molecule has 1 aromatic heterocycles. The van der Waals surface area contributed by atoms with Crippen LogP contribution in [0.3, 0.4) is 0 Å². The molecular formula is C20H20N2O. The van der Waals surface area contributed by atoms with E-state index < -0.39 is 0 Å². The first-order valence-electron chi connectivity index (χ1n) is 7.82. The average molecular weight is 304 g/mol. The molecular weight excluding hydrogens is 284 g/mol. The van der Waals surface area contributed by atoms with Crippen molar-refractivity contribution in [3.8, 4) is 0 Å². The molecule has 1 heterocycles. The molecule has 3 aromatic rings. The van der Waals surface area contributed by atoms with E-state index in [0.717, 1.165) is 22.3 Å². The van der Waals surface area contributed by atoms with Crippen molar-refractivity contribution in [1.82, 2.24) is 4.98 Å². The van der Waals surface area contributed by atoms with Gasteiger partial charge in [-0.05, 0) is 42.7 Å². The second-order valence-electron chi connectivity index (χ2n) is 6.06. The van der Waals surface area contributed by atoms with Crippen LogP contribution in [0.2, 0.25) is 0 Å². The van der Waals surface area contributed by atoms with Gasteiger partial charge >= 0.3 is 0 Å². The summed E-state index contributed by atoms with van der Waals surface area (Å²) in [6.45, 7) is 6.21. The smallest absolute Gasteiger partial charge is 0.256 e. The van der Waals surface area contributed by atoms with Crippen LogP contribution < -0.4 is 5.32 Å². The molecule has 0 spiro atoms. The molecule has 0 aliphatic heterocycles. The van der Waals surface area contributed by atoms with Gasteiger partial charge in [-0.3, -0.25) is 9.78 Å². The number of carbonyl (C=O) groups excluding carboxylic acids is 1. The molecule has 0 atom stereocenters. The van der Waals surface area contributed by atoms with Gasteiger partial charge in [0.05, 0.1) is 11.1 Å². The molecule has 2 aromatic carbocycles. The maximum Gasteiger partial charge on any atom is 0.256 e. The van der Waals surface area contributed by atoms with E-state index in [4.69, 9.17) is 0 Å². The zero-order valence-electron chi connectivity index (χ0n) is 13.6. The lowest BCUT2D eigenvalue weighted by atomic mass is 10.0. The number of fused-ring (bicyclic) bond motifs is 1. The van der Waals surface area contributed by atoms with Gasteiger partial charge in [-0.25, -0.2) is 0 Å². The SMILES string of the molecule is Cc1cc(C(=O)Nc2ccc(C(C)C)cc2)c2ccccc2n1. The van der Waals surface area contributed by atoms with Gasteiger partial charge < -0.3 is 5.32 Å². The van der Waals surface area contributed by atoms with Gasteiger partial charge in [0.1, 0.15) is 0 Å². The highest BCUT2D eigenvalue weighted by Crippen LogP contribution is 2.21. The first kappa shape index (κ1) is 15.2. The van der Waals surface area contributed by atoms with Crippen LogP contribution in [0.1, 0.15) is 41.4 Å². The Bertz CT molecular complexity index is 851. The van der Waals surface area contributed by atoms with Gasteiger partial charge in [0, 0.05) is 16.8 Å². The Morgan fingerprint density at radius 1 is 1.04 bits per heavy atom. The summed E-state index contributed by atoms with van der Waals surface area (Å²) in [6, 6.07) is 17.5.